The minimum Gasteiger partial charge on any atom is -0.497 e. The van der Waals surface area contributed by atoms with Crippen molar-refractivity contribution in [3.63, 3.8) is 0 Å². The van der Waals surface area contributed by atoms with E-state index in [2.05, 4.69) is 0 Å². The van der Waals surface area contributed by atoms with Crippen molar-refractivity contribution in [2.75, 3.05) is 14.2 Å². The van der Waals surface area contributed by atoms with Crippen molar-refractivity contribution >= 4 is 17.5 Å². The van der Waals surface area contributed by atoms with Crippen molar-refractivity contribution in [2.24, 2.45) is 10.9 Å². The van der Waals surface area contributed by atoms with Gasteiger partial charge in [-0.25, -0.2) is 4.79 Å². The van der Waals surface area contributed by atoms with Gasteiger partial charge in [-0.05, 0) is 56.0 Å². The summed E-state index contributed by atoms with van der Waals surface area (Å²) >= 11 is 0. The van der Waals surface area contributed by atoms with E-state index in [0.29, 0.717) is 29.9 Å². The topological polar surface area (TPSA) is 78.1 Å². The summed E-state index contributed by atoms with van der Waals surface area (Å²) in [5.74, 6) is 0.659. The first-order valence-electron chi connectivity index (χ1n) is 10.0. The molecule has 3 atom stereocenters. The first-order chi connectivity index (χ1) is 14.4. The zero-order valence-corrected chi connectivity index (χ0v) is 17.6. The Morgan fingerprint density at radius 3 is 2.57 bits per heavy atom. The molecule has 30 heavy (non-hydrogen) atoms. The van der Waals surface area contributed by atoms with E-state index in [1.165, 1.54) is 7.11 Å². The maximum Gasteiger partial charge on any atom is 0.336 e. The van der Waals surface area contributed by atoms with Gasteiger partial charge in [-0.15, -0.1) is 0 Å². The highest BCUT2D eigenvalue weighted by atomic mass is 16.5. The highest BCUT2D eigenvalue weighted by molar-refractivity contribution is 6.12. The van der Waals surface area contributed by atoms with E-state index in [1.54, 1.807) is 14.0 Å². The number of esters is 1. The number of fused-ring (bicyclic) bond motifs is 1. The first kappa shape index (κ1) is 20.1. The van der Waals surface area contributed by atoms with Gasteiger partial charge in [-0.3, -0.25) is 9.79 Å². The molecule has 1 aromatic carbocycles. The summed E-state index contributed by atoms with van der Waals surface area (Å²) in [6.07, 6.45) is 1.02. The Bertz CT molecular complexity index is 1060. The van der Waals surface area contributed by atoms with Gasteiger partial charge in [-0.1, -0.05) is 12.1 Å². The summed E-state index contributed by atoms with van der Waals surface area (Å²) in [5, 5.41) is 0. The highest BCUT2D eigenvalue weighted by Crippen LogP contribution is 2.46. The molecule has 0 bridgehead atoms. The molecule has 6 nitrogen and oxygen atoms in total. The second-order valence-corrected chi connectivity index (χ2v) is 7.85. The van der Waals surface area contributed by atoms with Crippen molar-refractivity contribution in [2.45, 2.75) is 38.5 Å². The van der Waals surface area contributed by atoms with E-state index in [0.717, 1.165) is 22.8 Å². The summed E-state index contributed by atoms with van der Waals surface area (Å²) in [5.41, 5.74) is 2.82. The van der Waals surface area contributed by atoms with Gasteiger partial charge in [0.25, 0.3) is 0 Å². The lowest BCUT2D eigenvalue weighted by Gasteiger charge is -2.37. The van der Waals surface area contributed by atoms with Gasteiger partial charge >= 0.3 is 5.97 Å². The number of rotatable bonds is 4. The van der Waals surface area contributed by atoms with Crippen molar-refractivity contribution in [1.29, 1.82) is 0 Å². The Morgan fingerprint density at radius 2 is 1.90 bits per heavy atom. The lowest BCUT2D eigenvalue weighted by molar-refractivity contribution is -0.136. The first-order valence-corrected chi connectivity index (χ1v) is 10.0. The molecule has 1 fully saturated rings. The summed E-state index contributed by atoms with van der Waals surface area (Å²) in [6, 6.07) is 11.5. The Kier molecular flexibility index (Phi) is 5.33. The molecular weight excluding hydrogens is 382 g/mol. The van der Waals surface area contributed by atoms with Crippen LogP contribution in [0.1, 0.15) is 48.7 Å². The molecular formula is C24H25NO5. The monoisotopic (exact) mass is 407 g/mol. The quantitative estimate of drug-likeness (QED) is 0.705. The van der Waals surface area contributed by atoms with Gasteiger partial charge in [-0.2, -0.15) is 0 Å². The Balaban J connectivity index is 1.77. The number of benzene rings is 1. The Labute approximate surface area is 175 Å². The third kappa shape index (κ3) is 3.47. The molecule has 1 aliphatic carbocycles. The number of allylic oxidation sites excluding steroid dienone is 1. The van der Waals surface area contributed by atoms with Crippen molar-refractivity contribution in [1.82, 2.24) is 0 Å². The number of ether oxygens (including phenoxy) is 2. The van der Waals surface area contributed by atoms with Crippen LogP contribution in [0.5, 0.6) is 5.75 Å². The average molecular weight is 407 g/mol. The van der Waals surface area contributed by atoms with Crippen LogP contribution in [0.3, 0.4) is 0 Å². The number of furan rings is 1. The number of carbonyl (C=O) groups is 2. The van der Waals surface area contributed by atoms with Crippen LogP contribution in [0.15, 0.2) is 57.1 Å². The molecule has 1 saturated carbocycles. The second-order valence-electron chi connectivity index (χ2n) is 7.85. The number of hydrogen-bond acceptors (Lipinski definition) is 6. The van der Waals surface area contributed by atoms with E-state index in [-0.39, 0.29) is 11.7 Å². The largest absolute Gasteiger partial charge is 0.497 e. The summed E-state index contributed by atoms with van der Waals surface area (Å²) in [6.45, 7) is 3.63. The van der Waals surface area contributed by atoms with Gasteiger partial charge in [0.2, 0.25) is 0 Å². The van der Waals surface area contributed by atoms with Crippen LogP contribution in [0, 0.1) is 12.8 Å². The zero-order valence-electron chi connectivity index (χ0n) is 17.6. The number of methoxy groups -OCH3 is 2. The number of nitrogens with zero attached hydrogens (tertiary/aromatic N) is 1. The predicted molar refractivity (Wildman–Crippen MR) is 112 cm³/mol. The minimum absolute atomic E-state index is 0.0223. The number of Topliss-reactive ketones (excluding diaryl/α,β-unsaturated/α-hetero) is 1. The number of aryl methyl sites for hydroxylation is 1. The molecule has 6 heteroatoms. The lowest BCUT2D eigenvalue weighted by Crippen LogP contribution is -2.41. The van der Waals surface area contributed by atoms with Crippen LogP contribution < -0.4 is 4.74 Å². The van der Waals surface area contributed by atoms with Gasteiger partial charge < -0.3 is 13.9 Å². The van der Waals surface area contributed by atoms with Crippen LogP contribution in [0.25, 0.3) is 0 Å². The molecule has 0 spiro atoms. The smallest absolute Gasteiger partial charge is 0.336 e. The SMILES string of the molecule is COC(=O)C1=C(C)N=C2C[C@@H](c3cccc(OC)c3)CC(=O)C2[C@H]1c1ccc(C)o1. The molecule has 4 rings (SSSR count). The van der Waals surface area contributed by atoms with E-state index in [1.807, 2.05) is 43.3 Å². The molecule has 0 amide bonds. The minimum atomic E-state index is -0.518. The molecule has 2 aromatic rings. The van der Waals surface area contributed by atoms with Crippen LogP contribution in [-0.4, -0.2) is 31.7 Å². The normalized spacial score (nSPS) is 23.7. The number of hydrogen-bond donors (Lipinski definition) is 0. The van der Waals surface area contributed by atoms with Crippen LogP contribution in [-0.2, 0) is 14.3 Å². The highest BCUT2D eigenvalue weighted by Gasteiger charge is 2.47. The molecule has 1 unspecified atom stereocenters. The Hall–Kier alpha value is -3.15. The van der Waals surface area contributed by atoms with E-state index in [4.69, 9.17) is 18.9 Å². The summed E-state index contributed by atoms with van der Waals surface area (Å²) < 4.78 is 16.2. The van der Waals surface area contributed by atoms with Crippen LogP contribution in [0.4, 0.5) is 0 Å². The third-order valence-electron chi connectivity index (χ3n) is 5.99. The fourth-order valence-electron chi connectivity index (χ4n) is 4.61. The van der Waals surface area contributed by atoms with Crippen molar-refractivity contribution < 1.29 is 23.5 Å². The van der Waals surface area contributed by atoms with Gasteiger partial charge in [0.15, 0.2) is 0 Å². The number of carbonyl (C=O) groups excluding carboxylic acids is 2. The zero-order chi connectivity index (χ0) is 21.4. The number of aliphatic imine (C=N–C) groups is 1. The molecule has 156 valence electrons. The third-order valence-corrected chi connectivity index (χ3v) is 5.99. The standard InChI is InChI=1S/C24H25NO5/c1-13-8-9-20(30-13)23-21(24(27)29-4)14(2)25-18-11-16(12-19(26)22(18)23)15-6-5-7-17(10-15)28-3/h5-10,16,22-23H,11-12H2,1-4H3/t16-,22?,23+/m1/s1. The van der Waals surface area contributed by atoms with Gasteiger partial charge in [0, 0.05) is 17.8 Å². The molecule has 2 heterocycles. The number of ketones is 1. The van der Waals surface area contributed by atoms with Crippen molar-refractivity contribution in [3.8, 4) is 5.75 Å². The maximum absolute atomic E-state index is 13.4. The van der Waals surface area contributed by atoms with Crippen LogP contribution in [0.2, 0.25) is 0 Å². The molecule has 2 aliphatic rings. The van der Waals surface area contributed by atoms with Crippen LogP contribution >= 0.6 is 0 Å². The molecule has 1 aromatic heterocycles. The lowest BCUT2D eigenvalue weighted by atomic mass is 9.67. The van der Waals surface area contributed by atoms with E-state index < -0.39 is 17.8 Å². The molecule has 0 radical (unpaired) electrons. The van der Waals surface area contributed by atoms with E-state index >= 15 is 0 Å². The van der Waals surface area contributed by atoms with Gasteiger partial charge in [0.05, 0.1) is 31.6 Å². The summed E-state index contributed by atoms with van der Waals surface area (Å²) in [4.78, 5) is 30.7. The second kappa shape index (κ2) is 7.94. The molecule has 0 saturated heterocycles. The molecule has 1 aliphatic heterocycles. The maximum atomic E-state index is 13.4. The van der Waals surface area contributed by atoms with Gasteiger partial charge in [0.1, 0.15) is 23.1 Å². The molecule has 0 N–H and O–H groups in total. The fraction of sp³-hybridized carbons (Fsp3) is 0.375. The average Bonchev–Trinajstić information content (AvgIpc) is 3.18. The summed E-state index contributed by atoms with van der Waals surface area (Å²) in [7, 11) is 2.97. The van der Waals surface area contributed by atoms with Crippen molar-refractivity contribution in [3.05, 3.63) is 64.8 Å². The predicted octanol–water partition coefficient (Wildman–Crippen LogP) is 4.34. The fourth-order valence-corrected chi connectivity index (χ4v) is 4.61. The Morgan fingerprint density at radius 1 is 1.10 bits per heavy atom. The van der Waals surface area contributed by atoms with E-state index in [9.17, 15) is 9.59 Å².